The highest BCUT2D eigenvalue weighted by atomic mass is 35.5. The van der Waals surface area contributed by atoms with Gasteiger partial charge in [0.2, 0.25) is 0 Å². The Morgan fingerprint density at radius 1 is 1.30 bits per heavy atom. The standard InChI is InChI=1S/C15H16ClN3O/c1-20-13-14(16)17-9-18-15(13)19-12-8-4-6-10-5-2-3-7-11(10)12/h2-3,5,7,9,12H,4,6,8H2,1H3,(H,17,18,19). The molecule has 0 bridgehead atoms. The number of anilines is 1. The van der Waals surface area contributed by atoms with E-state index < -0.39 is 0 Å². The quantitative estimate of drug-likeness (QED) is 0.877. The zero-order valence-corrected chi connectivity index (χ0v) is 12.0. The second kappa shape index (κ2) is 5.67. The van der Waals surface area contributed by atoms with Gasteiger partial charge < -0.3 is 10.1 Å². The lowest BCUT2D eigenvalue weighted by Crippen LogP contribution is -2.18. The fourth-order valence-electron chi connectivity index (χ4n) is 2.70. The van der Waals surface area contributed by atoms with E-state index in [9.17, 15) is 0 Å². The first kappa shape index (κ1) is 13.2. The van der Waals surface area contributed by atoms with Crippen molar-refractivity contribution in [3.05, 3.63) is 46.9 Å². The van der Waals surface area contributed by atoms with Crippen molar-refractivity contribution in [3.8, 4) is 5.75 Å². The molecule has 1 heterocycles. The molecule has 4 nitrogen and oxygen atoms in total. The number of benzene rings is 1. The van der Waals surface area contributed by atoms with E-state index in [0.29, 0.717) is 16.7 Å². The summed E-state index contributed by atoms with van der Waals surface area (Å²) in [6.45, 7) is 0. The lowest BCUT2D eigenvalue weighted by atomic mass is 9.88. The van der Waals surface area contributed by atoms with Crippen LogP contribution in [-0.4, -0.2) is 17.1 Å². The molecular formula is C15H16ClN3O. The van der Waals surface area contributed by atoms with E-state index in [0.717, 1.165) is 19.3 Å². The van der Waals surface area contributed by atoms with Crippen molar-refractivity contribution in [3.63, 3.8) is 0 Å². The molecule has 0 saturated heterocycles. The Hall–Kier alpha value is -1.81. The molecule has 20 heavy (non-hydrogen) atoms. The van der Waals surface area contributed by atoms with Crippen molar-refractivity contribution < 1.29 is 4.74 Å². The van der Waals surface area contributed by atoms with E-state index in [1.54, 1.807) is 7.11 Å². The van der Waals surface area contributed by atoms with E-state index in [4.69, 9.17) is 16.3 Å². The van der Waals surface area contributed by atoms with Crippen LogP contribution in [0.25, 0.3) is 0 Å². The highest BCUT2D eigenvalue weighted by Crippen LogP contribution is 2.36. The average molecular weight is 290 g/mol. The van der Waals surface area contributed by atoms with Crippen LogP contribution < -0.4 is 10.1 Å². The molecular weight excluding hydrogens is 274 g/mol. The second-order valence-electron chi connectivity index (χ2n) is 4.83. The van der Waals surface area contributed by atoms with Gasteiger partial charge >= 0.3 is 0 Å². The molecule has 1 N–H and O–H groups in total. The van der Waals surface area contributed by atoms with Crippen LogP contribution in [0.1, 0.15) is 30.0 Å². The summed E-state index contributed by atoms with van der Waals surface area (Å²) in [7, 11) is 1.57. The smallest absolute Gasteiger partial charge is 0.198 e. The first-order valence-corrected chi connectivity index (χ1v) is 7.06. The minimum atomic E-state index is 0.236. The Balaban J connectivity index is 1.91. The number of fused-ring (bicyclic) bond motifs is 1. The minimum Gasteiger partial charge on any atom is -0.490 e. The fourth-order valence-corrected chi connectivity index (χ4v) is 2.92. The van der Waals surface area contributed by atoms with Gasteiger partial charge in [0.05, 0.1) is 13.2 Å². The molecule has 1 unspecified atom stereocenters. The van der Waals surface area contributed by atoms with Crippen LogP contribution in [0.15, 0.2) is 30.6 Å². The molecule has 0 radical (unpaired) electrons. The van der Waals surface area contributed by atoms with Gasteiger partial charge in [0.1, 0.15) is 6.33 Å². The number of ether oxygens (including phenoxy) is 1. The maximum absolute atomic E-state index is 6.03. The summed E-state index contributed by atoms with van der Waals surface area (Å²) in [5.74, 6) is 1.14. The minimum absolute atomic E-state index is 0.236. The maximum Gasteiger partial charge on any atom is 0.198 e. The van der Waals surface area contributed by atoms with E-state index >= 15 is 0 Å². The summed E-state index contributed by atoms with van der Waals surface area (Å²) in [6.07, 6.45) is 4.82. The van der Waals surface area contributed by atoms with Crippen LogP contribution in [0.3, 0.4) is 0 Å². The topological polar surface area (TPSA) is 47.0 Å². The van der Waals surface area contributed by atoms with E-state index in [1.807, 2.05) is 0 Å². The van der Waals surface area contributed by atoms with Crippen molar-refractivity contribution in [2.75, 3.05) is 12.4 Å². The van der Waals surface area contributed by atoms with Crippen molar-refractivity contribution in [1.29, 1.82) is 0 Å². The third kappa shape index (κ3) is 2.43. The molecule has 1 aromatic heterocycles. The molecule has 0 aliphatic heterocycles. The summed E-state index contributed by atoms with van der Waals surface area (Å²) in [5, 5.41) is 3.76. The number of rotatable bonds is 3. The van der Waals surface area contributed by atoms with Gasteiger partial charge in [0.25, 0.3) is 0 Å². The Kier molecular flexibility index (Phi) is 3.74. The SMILES string of the molecule is COc1c(Cl)ncnc1NC1CCCc2ccccc21. The fraction of sp³-hybridized carbons (Fsp3) is 0.333. The van der Waals surface area contributed by atoms with Gasteiger partial charge in [-0.3, -0.25) is 0 Å². The average Bonchev–Trinajstić information content (AvgIpc) is 2.48. The molecule has 1 aliphatic rings. The van der Waals surface area contributed by atoms with E-state index in [2.05, 4.69) is 39.6 Å². The summed E-state index contributed by atoms with van der Waals surface area (Å²) in [4.78, 5) is 8.18. The van der Waals surface area contributed by atoms with Crippen LogP contribution in [0.5, 0.6) is 5.75 Å². The zero-order chi connectivity index (χ0) is 13.9. The number of hydrogen-bond donors (Lipinski definition) is 1. The third-order valence-electron chi connectivity index (χ3n) is 3.64. The second-order valence-corrected chi connectivity index (χ2v) is 5.19. The van der Waals surface area contributed by atoms with Gasteiger partial charge in [-0.15, -0.1) is 0 Å². The molecule has 1 atom stereocenters. The number of halogens is 1. The molecule has 0 saturated carbocycles. The number of hydrogen-bond acceptors (Lipinski definition) is 4. The molecule has 0 spiro atoms. The highest BCUT2D eigenvalue weighted by Gasteiger charge is 2.22. The van der Waals surface area contributed by atoms with Crippen LogP contribution in [0, 0.1) is 0 Å². The van der Waals surface area contributed by atoms with E-state index in [1.165, 1.54) is 17.5 Å². The van der Waals surface area contributed by atoms with Crippen molar-refractivity contribution in [2.24, 2.45) is 0 Å². The van der Waals surface area contributed by atoms with Gasteiger partial charge in [-0.2, -0.15) is 0 Å². The predicted molar refractivity (Wildman–Crippen MR) is 79.3 cm³/mol. The van der Waals surface area contributed by atoms with Crippen molar-refractivity contribution >= 4 is 17.4 Å². The zero-order valence-electron chi connectivity index (χ0n) is 11.3. The Labute approximate surface area is 123 Å². The number of aromatic nitrogens is 2. The third-order valence-corrected chi connectivity index (χ3v) is 3.91. The van der Waals surface area contributed by atoms with Gasteiger partial charge in [0.15, 0.2) is 16.7 Å². The summed E-state index contributed by atoms with van der Waals surface area (Å²) >= 11 is 6.03. The first-order chi connectivity index (χ1) is 9.79. The Bertz CT molecular complexity index is 618. The van der Waals surface area contributed by atoms with Gasteiger partial charge in [-0.05, 0) is 30.4 Å². The molecule has 0 amide bonds. The normalized spacial score (nSPS) is 17.4. The molecule has 2 aromatic rings. The first-order valence-electron chi connectivity index (χ1n) is 6.68. The monoisotopic (exact) mass is 289 g/mol. The van der Waals surface area contributed by atoms with Gasteiger partial charge in [-0.1, -0.05) is 35.9 Å². The number of aryl methyl sites for hydroxylation is 1. The van der Waals surface area contributed by atoms with Crippen LogP contribution in [0.2, 0.25) is 5.15 Å². The molecule has 0 fully saturated rings. The van der Waals surface area contributed by atoms with E-state index in [-0.39, 0.29) is 6.04 Å². The Morgan fingerprint density at radius 2 is 2.15 bits per heavy atom. The lowest BCUT2D eigenvalue weighted by Gasteiger charge is -2.27. The van der Waals surface area contributed by atoms with Crippen LogP contribution >= 0.6 is 11.6 Å². The predicted octanol–water partition coefficient (Wildman–Crippen LogP) is 3.63. The summed E-state index contributed by atoms with van der Waals surface area (Å²) in [6, 6.07) is 8.75. The molecule has 3 rings (SSSR count). The van der Waals surface area contributed by atoms with Gasteiger partial charge in [0, 0.05) is 0 Å². The largest absolute Gasteiger partial charge is 0.490 e. The molecule has 1 aliphatic carbocycles. The number of methoxy groups -OCH3 is 1. The van der Waals surface area contributed by atoms with Crippen LogP contribution in [0.4, 0.5) is 5.82 Å². The van der Waals surface area contributed by atoms with Crippen LogP contribution in [-0.2, 0) is 6.42 Å². The summed E-state index contributed by atoms with van der Waals surface area (Å²) in [5.41, 5.74) is 2.73. The van der Waals surface area contributed by atoms with Crippen molar-refractivity contribution in [2.45, 2.75) is 25.3 Å². The maximum atomic E-state index is 6.03. The highest BCUT2D eigenvalue weighted by molar-refractivity contribution is 6.31. The molecule has 104 valence electrons. The van der Waals surface area contributed by atoms with Crippen molar-refractivity contribution in [1.82, 2.24) is 9.97 Å². The summed E-state index contributed by atoms with van der Waals surface area (Å²) < 4.78 is 5.29. The Morgan fingerprint density at radius 3 is 3.00 bits per heavy atom. The number of nitrogens with one attached hydrogen (secondary N) is 1. The molecule has 5 heteroatoms. The number of nitrogens with zero attached hydrogens (tertiary/aromatic N) is 2. The van der Waals surface area contributed by atoms with Gasteiger partial charge in [-0.25, -0.2) is 9.97 Å². The lowest BCUT2D eigenvalue weighted by molar-refractivity contribution is 0.412. The molecule has 1 aromatic carbocycles.